The van der Waals surface area contributed by atoms with Crippen molar-refractivity contribution in [3.8, 4) is 0 Å². The summed E-state index contributed by atoms with van der Waals surface area (Å²) in [4.78, 5) is 4.06. The molecule has 0 bridgehead atoms. The highest BCUT2D eigenvalue weighted by Crippen LogP contribution is 2.28. The van der Waals surface area contributed by atoms with Crippen LogP contribution in [0, 0.1) is 0 Å². The van der Waals surface area contributed by atoms with Gasteiger partial charge in [0.05, 0.1) is 6.33 Å². The number of hydrogen-bond donors (Lipinski definition) is 1. The summed E-state index contributed by atoms with van der Waals surface area (Å²) in [5.41, 5.74) is 0. The second-order valence-corrected chi connectivity index (χ2v) is 6.16. The Bertz CT molecular complexity index is 298. The molecule has 1 fully saturated rings. The predicted octanol–water partition coefficient (Wildman–Crippen LogP) is 2.54. The Hall–Kier alpha value is -0.480. The molecule has 2 atom stereocenters. The molecule has 0 radical (unpaired) electrons. The van der Waals surface area contributed by atoms with E-state index in [1.807, 2.05) is 18.7 Å². The Morgan fingerprint density at radius 1 is 1.41 bits per heavy atom. The lowest BCUT2D eigenvalue weighted by atomic mass is 9.95. The molecule has 0 aromatic carbocycles. The van der Waals surface area contributed by atoms with Gasteiger partial charge in [0.15, 0.2) is 0 Å². The number of rotatable bonds is 6. The molecule has 1 N–H and O–H groups in total. The van der Waals surface area contributed by atoms with Gasteiger partial charge in [-0.1, -0.05) is 19.8 Å². The number of nitrogens with one attached hydrogen (secondary N) is 1. The SMILES string of the molecule is CCS[C@H]1CCCC[C@@H]1NCCn1ccnc1. The highest BCUT2D eigenvalue weighted by atomic mass is 32.2. The zero-order valence-electron chi connectivity index (χ0n) is 10.6. The first-order valence-corrected chi connectivity index (χ1v) is 7.75. The number of hydrogen-bond acceptors (Lipinski definition) is 3. The monoisotopic (exact) mass is 253 g/mol. The summed E-state index contributed by atoms with van der Waals surface area (Å²) in [7, 11) is 0. The molecule has 1 aromatic heterocycles. The molecule has 0 amide bonds. The van der Waals surface area contributed by atoms with Crippen molar-refractivity contribution in [3.05, 3.63) is 18.7 Å². The van der Waals surface area contributed by atoms with Gasteiger partial charge in [0.1, 0.15) is 0 Å². The fourth-order valence-electron chi connectivity index (χ4n) is 2.54. The maximum Gasteiger partial charge on any atom is 0.0946 e. The molecule has 3 nitrogen and oxygen atoms in total. The van der Waals surface area contributed by atoms with Gasteiger partial charge in [0, 0.05) is 36.8 Å². The molecule has 1 aliphatic carbocycles. The largest absolute Gasteiger partial charge is 0.336 e. The molecular formula is C13H23N3S. The molecule has 0 aliphatic heterocycles. The Morgan fingerprint density at radius 3 is 3.06 bits per heavy atom. The van der Waals surface area contributed by atoms with Gasteiger partial charge in [-0.25, -0.2) is 4.98 Å². The van der Waals surface area contributed by atoms with Crippen LogP contribution in [0.5, 0.6) is 0 Å². The first-order valence-electron chi connectivity index (χ1n) is 6.71. The molecule has 1 saturated carbocycles. The minimum absolute atomic E-state index is 0.720. The van der Waals surface area contributed by atoms with Crippen LogP contribution in [0.2, 0.25) is 0 Å². The van der Waals surface area contributed by atoms with Gasteiger partial charge in [-0.3, -0.25) is 0 Å². The van der Waals surface area contributed by atoms with E-state index in [0.29, 0.717) is 0 Å². The Kier molecular flexibility index (Phi) is 5.39. The van der Waals surface area contributed by atoms with Gasteiger partial charge >= 0.3 is 0 Å². The first kappa shape index (κ1) is 13.0. The van der Waals surface area contributed by atoms with Crippen LogP contribution in [-0.4, -0.2) is 33.1 Å². The van der Waals surface area contributed by atoms with Crippen molar-refractivity contribution >= 4 is 11.8 Å². The van der Waals surface area contributed by atoms with Crippen molar-refractivity contribution in [3.63, 3.8) is 0 Å². The van der Waals surface area contributed by atoms with Crippen molar-refractivity contribution in [2.75, 3.05) is 12.3 Å². The van der Waals surface area contributed by atoms with Crippen LogP contribution in [0.4, 0.5) is 0 Å². The lowest BCUT2D eigenvalue weighted by molar-refractivity contribution is 0.378. The minimum atomic E-state index is 0.720. The molecule has 0 unspecified atom stereocenters. The van der Waals surface area contributed by atoms with Crippen molar-refractivity contribution in [1.82, 2.24) is 14.9 Å². The summed E-state index contributed by atoms with van der Waals surface area (Å²) < 4.78 is 2.14. The van der Waals surface area contributed by atoms with Gasteiger partial charge in [0.25, 0.3) is 0 Å². The molecule has 1 heterocycles. The number of thioether (sulfide) groups is 1. The number of aromatic nitrogens is 2. The summed E-state index contributed by atoms with van der Waals surface area (Å²) in [5, 5.41) is 4.56. The van der Waals surface area contributed by atoms with Crippen LogP contribution in [0.1, 0.15) is 32.6 Å². The molecular weight excluding hydrogens is 230 g/mol. The van der Waals surface area contributed by atoms with E-state index in [0.717, 1.165) is 24.4 Å². The summed E-state index contributed by atoms with van der Waals surface area (Å²) in [5.74, 6) is 1.24. The Morgan fingerprint density at radius 2 is 2.29 bits per heavy atom. The van der Waals surface area contributed by atoms with Crippen molar-refractivity contribution in [2.24, 2.45) is 0 Å². The first-order chi connectivity index (χ1) is 8.40. The third kappa shape index (κ3) is 4.03. The summed E-state index contributed by atoms with van der Waals surface area (Å²) in [6.07, 6.45) is 11.3. The summed E-state index contributed by atoms with van der Waals surface area (Å²) in [6.45, 7) is 4.35. The smallest absolute Gasteiger partial charge is 0.0946 e. The van der Waals surface area contributed by atoms with E-state index >= 15 is 0 Å². The highest BCUT2D eigenvalue weighted by molar-refractivity contribution is 7.99. The second kappa shape index (κ2) is 7.07. The molecule has 1 aromatic rings. The van der Waals surface area contributed by atoms with Crippen molar-refractivity contribution < 1.29 is 0 Å². The second-order valence-electron chi connectivity index (χ2n) is 4.64. The third-order valence-corrected chi connectivity index (χ3v) is 4.74. The number of nitrogens with zero attached hydrogens (tertiary/aromatic N) is 2. The standard InChI is InChI=1S/C13H23N3S/c1-2-17-13-6-4-3-5-12(13)15-8-10-16-9-7-14-11-16/h7,9,11-13,15H,2-6,8,10H2,1H3/t12-,13-/m0/s1. The van der Waals surface area contributed by atoms with E-state index in [1.165, 1.54) is 31.4 Å². The molecule has 0 spiro atoms. The molecule has 1 aliphatic rings. The van der Waals surface area contributed by atoms with Gasteiger partial charge < -0.3 is 9.88 Å². The summed E-state index contributed by atoms with van der Waals surface area (Å²) in [6, 6.07) is 0.720. The van der Waals surface area contributed by atoms with Crippen LogP contribution >= 0.6 is 11.8 Å². The van der Waals surface area contributed by atoms with Gasteiger partial charge in [-0.05, 0) is 18.6 Å². The van der Waals surface area contributed by atoms with Gasteiger partial charge in [-0.15, -0.1) is 0 Å². The topological polar surface area (TPSA) is 29.9 Å². The van der Waals surface area contributed by atoms with Crippen LogP contribution in [0.15, 0.2) is 18.7 Å². The average molecular weight is 253 g/mol. The quantitative estimate of drug-likeness (QED) is 0.845. The zero-order valence-corrected chi connectivity index (χ0v) is 11.5. The average Bonchev–Trinajstić information content (AvgIpc) is 2.85. The van der Waals surface area contributed by atoms with E-state index in [-0.39, 0.29) is 0 Å². The van der Waals surface area contributed by atoms with Crippen LogP contribution in [-0.2, 0) is 6.54 Å². The van der Waals surface area contributed by atoms with E-state index in [4.69, 9.17) is 0 Å². The predicted molar refractivity (Wildman–Crippen MR) is 74.4 cm³/mol. The Labute approximate surface area is 108 Å². The normalized spacial score (nSPS) is 25.0. The molecule has 2 rings (SSSR count). The number of imidazole rings is 1. The fourth-order valence-corrected chi connectivity index (χ4v) is 3.77. The molecule has 96 valence electrons. The van der Waals surface area contributed by atoms with Crippen LogP contribution in [0.25, 0.3) is 0 Å². The van der Waals surface area contributed by atoms with E-state index in [1.54, 1.807) is 0 Å². The Balaban J connectivity index is 1.72. The lowest BCUT2D eigenvalue weighted by Gasteiger charge is -2.31. The third-order valence-electron chi connectivity index (χ3n) is 3.42. The highest BCUT2D eigenvalue weighted by Gasteiger charge is 2.23. The van der Waals surface area contributed by atoms with Gasteiger partial charge in [-0.2, -0.15) is 11.8 Å². The maximum absolute atomic E-state index is 4.06. The van der Waals surface area contributed by atoms with Crippen molar-refractivity contribution in [2.45, 2.75) is 50.4 Å². The van der Waals surface area contributed by atoms with E-state index < -0.39 is 0 Å². The van der Waals surface area contributed by atoms with E-state index in [9.17, 15) is 0 Å². The molecule has 0 saturated heterocycles. The zero-order chi connectivity index (χ0) is 11.9. The van der Waals surface area contributed by atoms with Crippen molar-refractivity contribution in [1.29, 1.82) is 0 Å². The minimum Gasteiger partial charge on any atom is -0.336 e. The molecule has 17 heavy (non-hydrogen) atoms. The lowest BCUT2D eigenvalue weighted by Crippen LogP contribution is -2.41. The van der Waals surface area contributed by atoms with Crippen LogP contribution < -0.4 is 5.32 Å². The summed E-state index contributed by atoms with van der Waals surface area (Å²) >= 11 is 2.13. The van der Waals surface area contributed by atoms with Gasteiger partial charge in [0.2, 0.25) is 0 Å². The van der Waals surface area contributed by atoms with E-state index in [2.05, 4.69) is 33.6 Å². The maximum atomic E-state index is 4.06. The molecule has 4 heteroatoms. The van der Waals surface area contributed by atoms with Crippen LogP contribution in [0.3, 0.4) is 0 Å². The fraction of sp³-hybridized carbons (Fsp3) is 0.769.